The number of carbonyl (C=O) groups is 1. The van der Waals surface area contributed by atoms with Crippen molar-refractivity contribution in [3.8, 4) is 5.75 Å². The summed E-state index contributed by atoms with van der Waals surface area (Å²) in [7, 11) is 1.58. The lowest BCUT2D eigenvalue weighted by atomic mass is 10.0. The first kappa shape index (κ1) is 17.9. The number of hydrogen-bond donors (Lipinski definition) is 2. The van der Waals surface area contributed by atoms with E-state index in [1.165, 1.54) is 0 Å². The van der Waals surface area contributed by atoms with E-state index in [4.69, 9.17) is 15.2 Å². The van der Waals surface area contributed by atoms with Crippen LogP contribution in [-0.2, 0) is 4.74 Å². The van der Waals surface area contributed by atoms with Crippen LogP contribution in [0.1, 0.15) is 45.2 Å². The third-order valence-electron chi connectivity index (χ3n) is 3.65. The molecule has 0 radical (unpaired) electrons. The van der Waals surface area contributed by atoms with E-state index < -0.39 is 17.7 Å². The molecule has 0 unspecified atom stereocenters. The average Bonchev–Trinajstić information content (AvgIpc) is 3.34. The molecule has 0 spiro atoms. The summed E-state index contributed by atoms with van der Waals surface area (Å²) in [5.74, 6) is 0.630. The molecular weight excluding hydrogens is 310 g/mol. The number of oxime groups is 1. The molecule has 132 valence electrons. The molecule has 1 aliphatic carbocycles. The van der Waals surface area contributed by atoms with Crippen LogP contribution in [0.15, 0.2) is 29.4 Å². The first-order valence-electron chi connectivity index (χ1n) is 7.89. The van der Waals surface area contributed by atoms with Crippen molar-refractivity contribution in [3.05, 3.63) is 29.8 Å². The van der Waals surface area contributed by atoms with Gasteiger partial charge in [0.15, 0.2) is 5.84 Å². The highest BCUT2D eigenvalue weighted by Gasteiger charge is 2.42. The lowest BCUT2D eigenvalue weighted by molar-refractivity contribution is 0.0190. The van der Waals surface area contributed by atoms with Crippen molar-refractivity contribution in [2.24, 2.45) is 10.9 Å². The van der Waals surface area contributed by atoms with E-state index in [1.807, 2.05) is 20.8 Å². The molecule has 1 aromatic rings. The first-order chi connectivity index (χ1) is 11.3. The number of rotatable bonds is 5. The Labute approximate surface area is 142 Å². The second-order valence-corrected chi connectivity index (χ2v) is 6.82. The molecule has 1 amide bonds. The average molecular weight is 335 g/mol. The molecule has 1 saturated carbocycles. The molecule has 1 fully saturated rings. The maximum Gasteiger partial charge on any atom is 0.411 e. The smallest absolute Gasteiger partial charge is 0.411 e. The van der Waals surface area contributed by atoms with Crippen LogP contribution in [0.5, 0.6) is 5.75 Å². The predicted octanol–water partition coefficient (Wildman–Crippen LogP) is 2.88. The fraction of sp³-hybridized carbons (Fsp3) is 0.529. The van der Waals surface area contributed by atoms with Crippen LogP contribution < -0.4 is 10.5 Å². The minimum absolute atomic E-state index is 0.0206. The summed E-state index contributed by atoms with van der Waals surface area (Å²) in [5.41, 5.74) is 6.01. The molecule has 0 saturated heterocycles. The van der Waals surface area contributed by atoms with Gasteiger partial charge in [-0.15, -0.1) is 0 Å². The molecule has 1 aliphatic rings. The van der Waals surface area contributed by atoms with Gasteiger partial charge in [-0.1, -0.05) is 17.3 Å². The van der Waals surface area contributed by atoms with Crippen molar-refractivity contribution >= 4 is 11.9 Å². The summed E-state index contributed by atoms with van der Waals surface area (Å²) in [6.45, 7) is 5.42. The Bertz CT molecular complexity index is 603. The molecule has 0 heterocycles. The highest BCUT2D eigenvalue weighted by atomic mass is 16.6. The van der Waals surface area contributed by atoms with Gasteiger partial charge in [0, 0.05) is 6.04 Å². The molecule has 2 rings (SSSR count). The standard InChI is InChI=1S/C17H25N3O4/c1-17(2,3)24-16(21)20(12-7-8-12)14(15(18)19-22)11-5-9-13(23-4)10-6-11/h5-6,9-10,12,14,22H,7-8H2,1-4H3,(H2,18,19)/t14-/m1/s1. The van der Waals surface area contributed by atoms with Crippen LogP contribution in [0.3, 0.4) is 0 Å². The number of methoxy groups -OCH3 is 1. The zero-order valence-electron chi connectivity index (χ0n) is 14.5. The van der Waals surface area contributed by atoms with E-state index in [2.05, 4.69) is 5.16 Å². The number of nitrogens with two attached hydrogens (primary N) is 1. The van der Waals surface area contributed by atoms with Crippen LogP contribution in [0.2, 0.25) is 0 Å². The lowest BCUT2D eigenvalue weighted by Gasteiger charge is -2.33. The van der Waals surface area contributed by atoms with E-state index in [1.54, 1.807) is 36.3 Å². The Balaban J connectivity index is 2.37. The fourth-order valence-corrected chi connectivity index (χ4v) is 2.45. The zero-order valence-corrected chi connectivity index (χ0v) is 14.5. The number of benzene rings is 1. The number of ether oxygens (including phenoxy) is 2. The Morgan fingerprint density at radius 1 is 1.33 bits per heavy atom. The van der Waals surface area contributed by atoms with Crippen LogP contribution >= 0.6 is 0 Å². The fourth-order valence-electron chi connectivity index (χ4n) is 2.45. The van der Waals surface area contributed by atoms with Crippen molar-refractivity contribution in [1.82, 2.24) is 4.90 Å². The van der Waals surface area contributed by atoms with E-state index >= 15 is 0 Å². The molecule has 7 nitrogen and oxygen atoms in total. The van der Waals surface area contributed by atoms with Gasteiger partial charge < -0.3 is 20.4 Å². The van der Waals surface area contributed by atoms with Crippen LogP contribution in [0.4, 0.5) is 4.79 Å². The van der Waals surface area contributed by atoms with Gasteiger partial charge in [0.1, 0.15) is 17.4 Å². The normalized spacial score (nSPS) is 16.4. The van der Waals surface area contributed by atoms with Crippen molar-refractivity contribution in [2.45, 2.75) is 51.3 Å². The number of carbonyl (C=O) groups excluding carboxylic acids is 1. The second-order valence-electron chi connectivity index (χ2n) is 6.82. The summed E-state index contributed by atoms with van der Waals surface area (Å²) >= 11 is 0. The number of amides is 1. The minimum atomic E-state index is -0.691. The Kier molecular flexibility index (Phi) is 5.21. The minimum Gasteiger partial charge on any atom is -0.497 e. The first-order valence-corrected chi connectivity index (χ1v) is 7.89. The van der Waals surface area contributed by atoms with Gasteiger partial charge in [0.2, 0.25) is 0 Å². The third kappa shape index (κ3) is 4.31. The molecule has 24 heavy (non-hydrogen) atoms. The Morgan fingerprint density at radius 2 is 1.92 bits per heavy atom. The predicted molar refractivity (Wildman–Crippen MR) is 90.2 cm³/mol. The summed E-state index contributed by atoms with van der Waals surface area (Å²) in [4.78, 5) is 14.2. The van der Waals surface area contributed by atoms with Crippen molar-refractivity contribution in [2.75, 3.05) is 7.11 Å². The monoisotopic (exact) mass is 335 g/mol. The van der Waals surface area contributed by atoms with Gasteiger partial charge in [-0.3, -0.25) is 4.90 Å². The zero-order chi connectivity index (χ0) is 17.9. The quantitative estimate of drug-likeness (QED) is 0.373. The van der Waals surface area contributed by atoms with Crippen LogP contribution in [-0.4, -0.2) is 40.8 Å². The molecule has 0 bridgehead atoms. The van der Waals surface area contributed by atoms with E-state index in [0.29, 0.717) is 5.75 Å². The van der Waals surface area contributed by atoms with Gasteiger partial charge >= 0.3 is 6.09 Å². The van der Waals surface area contributed by atoms with E-state index in [0.717, 1.165) is 18.4 Å². The van der Waals surface area contributed by atoms with E-state index in [9.17, 15) is 10.0 Å². The highest BCUT2D eigenvalue weighted by Crippen LogP contribution is 2.36. The Morgan fingerprint density at radius 3 is 2.33 bits per heavy atom. The van der Waals surface area contributed by atoms with Crippen molar-refractivity contribution in [1.29, 1.82) is 0 Å². The lowest BCUT2D eigenvalue weighted by Crippen LogP contribution is -2.45. The van der Waals surface area contributed by atoms with Gasteiger partial charge in [0.05, 0.1) is 7.11 Å². The SMILES string of the molecule is COc1ccc([C@H](C(N)=NO)N(C(=O)OC(C)(C)C)C2CC2)cc1. The Hall–Kier alpha value is -2.44. The van der Waals surface area contributed by atoms with E-state index in [-0.39, 0.29) is 11.9 Å². The van der Waals surface area contributed by atoms with Crippen molar-refractivity contribution in [3.63, 3.8) is 0 Å². The topological polar surface area (TPSA) is 97.4 Å². The highest BCUT2D eigenvalue weighted by molar-refractivity contribution is 5.90. The molecule has 7 heteroatoms. The third-order valence-corrected chi connectivity index (χ3v) is 3.65. The summed E-state index contributed by atoms with van der Waals surface area (Å²) < 4.78 is 10.7. The van der Waals surface area contributed by atoms with Crippen molar-refractivity contribution < 1.29 is 19.5 Å². The van der Waals surface area contributed by atoms with Gasteiger partial charge in [-0.2, -0.15) is 0 Å². The molecule has 0 aliphatic heterocycles. The molecule has 3 N–H and O–H groups in total. The van der Waals surface area contributed by atoms with Gasteiger partial charge in [-0.05, 0) is 51.3 Å². The molecule has 1 aromatic carbocycles. The number of amidine groups is 1. The van der Waals surface area contributed by atoms with Crippen LogP contribution in [0.25, 0.3) is 0 Å². The largest absolute Gasteiger partial charge is 0.497 e. The summed E-state index contributed by atoms with van der Waals surface area (Å²) in [5, 5.41) is 12.3. The maximum atomic E-state index is 12.7. The van der Waals surface area contributed by atoms with Crippen LogP contribution in [0, 0.1) is 0 Å². The number of hydrogen-bond acceptors (Lipinski definition) is 5. The molecular formula is C17H25N3O4. The maximum absolute atomic E-state index is 12.7. The van der Waals surface area contributed by atoms with Gasteiger partial charge in [-0.25, -0.2) is 4.79 Å². The molecule has 1 atom stereocenters. The number of nitrogens with zero attached hydrogens (tertiary/aromatic N) is 2. The summed E-state index contributed by atoms with van der Waals surface area (Å²) in [6, 6.07) is 6.46. The van der Waals surface area contributed by atoms with Gasteiger partial charge in [0.25, 0.3) is 0 Å². The summed E-state index contributed by atoms with van der Waals surface area (Å²) in [6.07, 6.45) is 1.26. The second kappa shape index (κ2) is 6.98. The molecule has 0 aromatic heterocycles.